The molecule has 0 aromatic carbocycles. The van der Waals surface area contributed by atoms with Crippen LogP contribution in [0.3, 0.4) is 0 Å². The number of piperidine rings is 2. The molecule has 8 nitrogen and oxygen atoms in total. The Hall–Kier alpha value is -2.35. The van der Waals surface area contributed by atoms with E-state index in [1.807, 2.05) is 36.4 Å². The monoisotopic (exact) mass is 430 g/mol. The Bertz CT molecular complexity index is 730. The molecule has 1 aromatic heterocycles. The minimum Gasteiger partial charge on any atom is -0.466 e. The molecule has 3 aliphatic rings. The zero-order valence-electron chi connectivity index (χ0n) is 18.4. The predicted octanol–water partition coefficient (Wildman–Crippen LogP) is 2.54. The number of aromatic nitrogens is 1. The van der Waals surface area contributed by atoms with E-state index in [9.17, 15) is 9.59 Å². The van der Waals surface area contributed by atoms with Gasteiger partial charge in [-0.25, -0.2) is 4.79 Å². The summed E-state index contributed by atoms with van der Waals surface area (Å²) < 4.78 is 10.8. The number of carbonyl (C=O) groups excluding carboxylic acids is 2. The maximum atomic E-state index is 12.5. The third-order valence-corrected chi connectivity index (χ3v) is 6.77. The first-order valence-corrected chi connectivity index (χ1v) is 11.6. The highest BCUT2D eigenvalue weighted by Crippen LogP contribution is 2.27. The first-order valence-electron chi connectivity index (χ1n) is 11.6. The largest absolute Gasteiger partial charge is 0.466 e. The molecule has 1 amide bonds. The van der Waals surface area contributed by atoms with Gasteiger partial charge in [-0.3, -0.25) is 14.7 Å². The molecule has 3 saturated heterocycles. The van der Waals surface area contributed by atoms with Gasteiger partial charge in [0.1, 0.15) is 6.10 Å². The third kappa shape index (κ3) is 5.67. The van der Waals surface area contributed by atoms with Crippen LogP contribution in [0.15, 0.2) is 24.5 Å². The van der Waals surface area contributed by atoms with Crippen molar-refractivity contribution >= 4 is 17.7 Å². The van der Waals surface area contributed by atoms with Crippen LogP contribution in [0.5, 0.6) is 0 Å². The van der Waals surface area contributed by atoms with Crippen molar-refractivity contribution in [3.8, 4) is 0 Å². The van der Waals surface area contributed by atoms with Crippen LogP contribution in [-0.2, 0) is 14.3 Å². The van der Waals surface area contributed by atoms with Crippen LogP contribution >= 0.6 is 0 Å². The molecule has 4 heterocycles. The number of cyclic esters (lactones) is 1. The molecular weight excluding hydrogens is 396 g/mol. The molecule has 0 saturated carbocycles. The van der Waals surface area contributed by atoms with Crippen molar-refractivity contribution in [3.63, 3.8) is 0 Å². The van der Waals surface area contributed by atoms with Gasteiger partial charge in [-0.2, -0.15) is 0 Å². The van der Waals surface area contributed by atoms with Gasteiger partial charge >= 0.3 is 12.1 Å². The highest BCUT2D eigenvalue weighted by atomic mass is 16.6. The molecule has 0 aliphatic carbocycles. The van der Waals surface area contributed by atoms with Crippen molar-refractivity contribution in [2.75, 3.05) is 50.8 Å². The van der Waals surface area contributed by atoms with E-state index in [2.05, 4.69) is 14.8 Å². The molecule has 0 spiro atoms. The summed E-state index contributed by atoms with van der Waals surface area (Å²) in [5.74, 6) is 0.319. The maximum absolute atomic E-state index is 12.5. The fraction of sp³-hybridized carbons (Fsp3) is 0.696. The molecule has 0 bridgehead atoms. The number of esters is 1. The van der Waals surface area contributed by atoms with Crippen LogP contribution < -0.4 is 4.90 Å². The molecule has 0 N–H and O–H groups in total. The molecule has 1 aromatic rings. The number of ether oxygens (including phenoxy) is 2. The van der Waals surface area contributed by atoms with Gasteiger partial charge in [0.25, 0.3) is 0 Å². The number of carbonyl (C=O) groups is 2. The van der Waals surface area contributed by atoms with Gasteiger partial charge in [-0.15, -0.1) is 0 Å². The number of nitrogens with zero attached hydrogens (tertiary/aromatic N) is 4. The number of hydrogen-bond donors (Lipinski definition) is 0. The number of anilines is 1. The van der Waals surface area contributed by atoms with Crippen LogP contribution in [0.25, 0.3) is 0 Å². The van der Waals surface area contributed by atoms with Crippen molar-refractivity contribution in [1.29, 1.82) is 0 Å². The highest BCUT2D eigenvalue weighted by Gasteiger charge is 2.38. The summed E-state index contributed by atoms with van der Waals surface area (Å²) in [6.07, 6.45) is 7.86. The zero-order chi connectivity index (χ0) is 21.6. The van der Waals surface area contributed by atoms with Crippen molar-refractivity contribution < 1.29 is 19.1 Å². The Morgan fingerprint density at radius 1 is 1.13 bits per heavy atom. The van der Waals surface area contributed by atoms with E-state index in [0.29, 0.717) is 25.5 Å². The molecule has 31 heavy (non-hydrogen) atoms. The first-order chi connectivity index (χ1) is 15.1. The van der Waals surface area contributed by atoms with Gasteiger partial charge in [0.15, 0.2) is 0 Å². The van der Waals surface area contributed by atoms with Gasteiger partial charge in [-0.1, -0.05) is 0 Å². The van der Waals surface area contributed by atoms with Crippen molar-refractivity contribution in [2.24, 2.45) is 5.92 Å². The van der Waals surface area contributed by atoms with Crippen LogP contribution in [0.1, 0.15) is 39.0 Å². The van der Waals surface area contributed by atoms with Gasteiger partial charge < -0.3 is 19.3 Å². The summed E-state index contributed by atoms with van der Waals surface area (Å²) >= 11 is 0. The van der Waals surface area contributed by atoms with Crippen molar-refractivity contribution in [1.82, 2.24) is 14.8 Å². The van der Waals surface area contributed by atoms with Crippen LogP contribution in [0.4, 0.5) is 10.5 Å². The van der Waals surface area contributed by atoms with Crippen molar-refractivity contribution in [3.05, 3.63) is 24.5 Å². The standard InChI is InChI=1S/C23H34N4O4/c1-2-30-22(28)15-18-5-11-25(12-6-18)16-21-17-27(23(29)31-21)20-7-13-26(14-8-20)19-3-9-24-10-4-19/h3-4,9-10,18,20-21H,2,5-8,11-17H2,1H3. The molecule has 1 unspecified atom stereocenters. The Morgan fingerprint density at radius 2 is 1.84 bits per heavy atom. The highest BCUT2D eigenvalue weighted by molar-refractivity contribution is 5.70. The van der Waals surface area contributed by atoms with E-state index in [1.165, 1.54) is 5.69 Å². The average Bonchev–Trinajstić information content (AvgIpc) is 3.16. The fourth-order valence-corrected chi connectivity index (χ4v) is 5.04. The van der Waals surface area contributed by atoms with Gasteiger partial charge in [-0.05, 0) is 63.7 Å². The van der Waals surface area contributed by atoms with Crippen molar-refractivity contribution in [2.45, 2.75) is 51.2 Å². The Labute approximate surface area is 184 Å². The summed E-state index contributed by atoms with van der Waals surface area (Å²) in [7, 11) is 0. The Balaban J connectivity index is 1.19. The molecule has 8 heteroatoms. The van der Waals surface area contributed by atoms with Crippen LogP contribution in [0.2, 0.25) is 0 Å². The Morgan fingerprint density at radius 3 is 2.52 bits per heavy atom. The number of likely N-dealkylation sites (tertiary alicyclic amines) is 1. The first kappa shape index (κ1) is 21.9. The van der Waals surface area contributed by atoms with Crippen LogP contribution in [-0.4, -0.2) is 84.9 Å². The summed E-state index contributed by atoms with van der Waals surface area (Å²) in [5, 5.41) is 0. The van der Waals surface area contributed by atoms with E-state index in [0.717, 1.165) is 58.4 Å². The minimum atomic E-state index is -0.162. The lowest BCUT2D eigenvalue weighted by Gasteiger charge is -2.37. The lowest BCUT2D eigenvalue weighted by Crippen LogP contribution is -2.46. The summed E-state index contributed by atoms with van der Waals surface area (Å²) in [4.78, 5) is 35.0. The normalized spacial score (nSPS) is 23.8. The summed E-state index contributed by atoms with van der Waals surface area (Å²) in [6, 6.07) is 4.33. The number of pyridine rings is 1. The maximum Gasteiger partial charge on any atom is 0.410 e. The van der Waals surface area contributed by atoms with E-state index < -0.39 is 0 Å². The third-order valence-electron chi connectivity index (χ3n) is 6.77. The second-order valence-corrected chi connectivity index (χ2v) is 8.83. The summed E-state index contributed by atoms with van der Waals surface area (Å²) in [6.45, 7) is 7.53. The lowest BCUT2D eigenvalue weighted by molar-refractivity contribution is -0.144. The Kier molecular flexibility index (Phi) is 7.27. The molecule has 170 valence electrons. The molecule has 3 fully saturated rings. The van der Waals surface area contributed by atoms with E-state index in [-0.39, 0.29) is 24.2 Å². The topological polar surface area (TPSA) is 75.2 Å². The summed E-state index contributed by atoms with van der Waals surface area (Å²) in [5.41, 5.74) is 1.20. The van der Waals surface area contributed by atoms with Gasteiger partial charge in [0.2, 0.25) is 0 Å². The zero-order valence-corrected chi connectivity index (χ0v) is 18.4. The lowest BCUT2D eigenvalue weighted by atomic mass is 9.93. The van der Waals surface area contributed by atoms with E-state index >= 15 is 0 Å². The molecule has 0 radical (unpaired) electrons. The van der Waals surface area contributed by atoms with Gasteiger partial charge in [0.05, 0.1) is 13.2 Å². The number of hydrogen-bond acceptors (Lipinski definition) is 7. The molecule has 1 atom stereocenters. The smallest absolute Gasteiger partial charge is 0.410 e. The second kappa shape index (κ2) is 10.3. The minimum absolute atomic E-state index is 0.0627. The predicted molar refractivity (Wildman–Crippen MR) is 117 cm³/mol. The van der Waals surface area contributed by atoms with Crippen LogP contribution in [0, 0.1) is 5.92 Å². The fourth-order valence-electron chi connectivity index (χ4n) is 5.04. The van der Waals surface area contributed by atoms with E-state index in [1.54, 1.807) is 0 Å². The SMILES string of the molecule is CCOC(=O)CC1CCN(CC2CN(C3CCN(c4ccncc4)CC3)C(=O)O2)CC1. The molecule has 4 rings (SSSR count). The molecular formula is C23H34N4O4. The van der Waals surface area contributed by atoms with E-state index in [4.69, 9.17) is 9.47 Å². The quantitative estimate of drug-likeness (QED) is 0.616. The second-order valence-electron chi connectivity index (χ2n) is 8.83. The van der Waals surface area contributed by atoms with Gasteiger partial charge in [0, 0.05) is 50.2 Å². The number of amides is 1. The number of rotatable bonds is 7. The average molecular weight is 431 g/mol. The molecule has 3 aliphatic heterocycles.